The first-order valence-corrected chi connectivity index (χ1v) is 7.01. The lowest BCUT2D eigenvalue weighted by Crippen LogP contribution is -2.30. The predicted octanol–water partition coefficient (Wildman–Crippen LogP) is 2.63. The average molecular weight is 269 g/mol. The highest BCUT2D eigenvalue weighted by Gasteiger charge is 2.29. The van der Waals surface area contributed by atoms with Gasteiger partial charge in [-0.1, -0.05) is 36.1 Å². The summed E-state index contributed by atoms with van der Waals surface area (Å²) in [4.78, 5) is 12.0. The lowest BCUT2D eigenvalue weighted by molar-refractivity contribution is -0.121. The van der Waals surface area contributed by atoms with Gasteiger partial charge in [0, 0.05) is 19.3 Å². The molecule has 1 rings (SSSR count). The highest BCUT2D eigenvalue weighted by Crippen LogP contribution is 2.25. The van der Waals surface area contributed by atoms with Gasteiger partial charge in [-0.05, 0) is 13.8 Å². The van der Waals surface area contributed by atoms with Crippen molar-refractivity contribution in [3.63, 3.8) is 0 Å². The Kier molecular flexibility index (Phi) is 6.68. The molecule has 0 bridgehead atoms. The molecule has 0 amide bonds. The Morgan fingerprint density at radius 1 is 1.33 bits per heavy atom. The zero-order chi connectivity index (χ0) is 13.4. The van der Waals surface area contributed by atoms with Gasteiger partial charge in [-0.15, -0.1) is 0 Å². The summed E-state index contributed by atoms with van der Waals surface area (Å²) in [5.41, 5.74) is -0.471. The van der Waals surface area contributed by atoms with Gasteiger partial charge in [0.15, 0.2) is 5.12 Å². The molecule has 1 atom stereocenters. The molecule has 18 heavy (non-hydrogen) atoms. The van der Waals surface area contributed by atoms with E-state index in [0.29, 0.717) is 19.0 Å². The third-order valence-electron chi connectivity index (χ3n) is 2.53. The average Bonchev–Trinajstić information content (AvgIpc) is 2.38. The van der Waals surface area contributed by atoms with Crippen LogP contribution in [0.3, 0.4) is 0 Å². The summed E-state index contributed by atoms with van der Waals surface area (Å²) < 4.78 is 10.7. The Labute approximate surface area is 114 Å². The molecular formula is C14H21O3S. The molecule has 0 aromatic heterocycles. The number of methoxy groups -OCH3 is 1. The molecule has 1 aliphatic rings. The lowest BCUT2D eigenvalue weighted by Gasteiger charge is -2.25. The van der Waals surface area contributed by atoms with E-state index in [1.165, 1.54) is 11.8 Å². The van der Waals surface area contributed by atoms with Gasteiger partial charge in [-0.3, -0.25) is 4.79 Å². The quantitative estimate of drug-likeness (QED) is 0.666. The smallest absolute Gasteiger partial charge is 0.196 e. The first kappa shape index (κ1) is 15.5. The van der Waals surface area contributed by atoms with Crippen molar-refractivity contribution in [2.24, 2.45) is 5.41 Å². The molecule has 0 aromatic rings. The Morgan fingerprint density at radius 2 is 2.11 bits per heavy atom. The molecule has 0 saturated heterocycles. The van der Waals surface area contributed by atoms with E-state index in [9.17, 15) is 4.79 Å². The van der Waals surface area contributed by atoms with Crippen molar-refractivity contribution < 1.29 is 14.3 Å². The van der Waals surface area contributed by atoms with Crippen LogP contribution in [0.4, 0.5) is 0 Å². The molecule has 0 aromatic carbocycles. The van der Waals surface area contributed by atoms with Crippen LogP contribution in [-0.2, 0) is 14.3 Å². The first-order chi connectivity index (χ1) is 8.56. The minimum Gasteiger partial charge on any atom is -0.384 e. The van der Waals surface area contributed by atoms with E-state index in [4.69, 9.17) is 9.47 Å². The lowest BCUT2D eigenvalue weighted by atomic mass is 9.97. The Morgan fingerprint density at radius 3 is 2.72 bits per heavy atom. The number of rotatable bonds is 7. The summed E-state index contributed by atoms with van der Waals surface area (Å²) in [5, 5.41) is 0.148. The van der Waals surface area contributed by atoms with Gasteiger partial charge in [-0.25, -0.2) is 0 Å². The van der Waals surface area contributed by atoms with E-state index < -0.39 is 5.41 Å². The summed E-state index contributed by atoms with van der Waals surface area (Å²) in [6.07, 6.45) is 9.78. The van der Waals surface area contributed by atoms with Gasteiger partial charge < -0.3 is 9.47 Å². The second-order valence-electron chi connectivity index (χ2n) is 4.75. The number of carbonyl (C=O) groups excluding carboxylic acids is 1. The van der Waals surface area contributed by atoms with Gasteiger partial charge in [0.05, 0.1) is 24.7 Å². The fourth-order valence-electron chi connectivity index (χ4n) is 1.36. The minimum absolute atomic E-state index is 0.0222. The summed E-state index contributed by atoms with van der Waals surface area (Å²) in [6.45, 7) is 4.84. The Hall–Kier alpha value is -0.580. The van der Waals surface area contributed by atoms with E-state index in [1.54, 1.807) is 7.11 Å². The van der Waals surface area contributed by atoms with Crippen molar-refractivity contribution in [1.82, 2.24) is 0 Å². The SMILES string of the molecule is COCCSC(=O)C(C)(C)COC1[CH]C=CC=C1. The monoisotopic (exact) mass is 269 g/mol. The molecule has 0 N–H and O–H groups in total. The summed E-state index contributed by atoms with van der Waals surface area (Å²) in [5.74, 6) is 0.691. The molecular weight excluding hydrogens is 248 g/mol. The second kappa shape index (κ2) is 7.77. The number of thioether (sulfide) groups is 1. The van der Waals surface area contributed by atoms with Gasteiger partial charge in [-0.2, -0.15) is 0 Å². The largest absolute Gasteiger partial charge is 0.384 e. The van der Waals surface area contributed by atoms with Crippen LogP contribution in [0, 0.1) is 11.8 Å². The van der Waals surface area contributed by atoms with Crippen LogP contribution in [0.15, 0.2) is 24.3 Å². The van der Waals surface area contributed by atoms with Crippen LogP contribution < -0.4 is 0 Å². The molecule has 3 nitrogen and oxygen atoms in total. The molecule has 1 radical (unpaired) electrons. The molecule has 0 heterocycles. The van der Waals surface area contributed by atoms with Crippen LogP contribution in [0.1, 0.15) is 13.8 Å². The minimum atomic E-state index is -0.471. The van der Waals surface area contributed by atoms with Crippen LogP contribution in [0.2, 0.25) is 0 Å². The Balaban J connectivity index is 2.31. The van der Waals surface area contributed by atoms with Crippen molar-refractivity contribution in [2.45, 2.75) is 20.0 Å². The molecule has 4 heteroatoms. The summed E-state index contributed by atoms with van der Waals surface area (Å²) in [6, 6.07) is 0. The van der Waals surface area contributed by atoms with Gasteiger partial charge in [0.1, 0.15) is 0 Å². The van der Waals surface area contributed by atoms with Crippen molar-refractivity contribution in [1.29, 1.82) is 0 Å². The van der Waals surface area contributed by atoms with Crippen molar-refractivity contribution >= 4 is 16.9 Å². The van der Waals surface area contributed by atoms with E-state index in [1.807, 2.05) is 44.6 Å². The summed E-state index contributed by atoms with van der Waals surface area (Å²) in [7, 11) is 1.64. The number of carbonyl (C=O) groups is 1. The number of allylic oxidation sites excluding steroid dienone is 2. The van der Waals surface area contributed by atoms with Crippen molar-refractivity contribution in [2.75, 3.05) is 26.1 Å². The molecule has 1 aliphatic carbocycles. The zero-order valence-corrected chi connectivity index (χ0v) is 12.0. The molecule has 1 unspecified atom stereocenters. The predicted molar refractivity (Wildman–Crippen MR) is 75.4 cm³/mol. The number of ether oxygens (including phenoxy) is 2. The van der Waals surface area contributed by atoms with Gasteiger partial charge >= 0.3 is 0 Å². The highest BCUT2D eigenvalue weighted by molar-refractivity contribution is 8.13. The fourth-order valence-corrected chi connectivity index (χ4v) is 2.25. The topological polar surface area (TPSA) is 35.5 Å². The summed E-state index contributed by atoms with van der Waals surface area (Å²) >= 11 is 1.31. The van der Waals surface area contributed by atoms with E-state index in [2.05, 4.69) is 0 Å². The van der Waals surface area contributed by atoms with Crippen molar-refractivity contribution in [3.05, 3.63) is 30.7 Å². The zero-order valence-electron chi connectivity index (χ0n) is 11.2. The second-order valence-corrected chi connectivity index (χ2v) is 5.82. The molecule has 101 valence electrons. The fraction of sp³-hybridized carbons (Fsp3) is 0.571. The maximum atomic E-state index is 12.0. The maximum absolute atomic E-state index is 12.0. The van der Waals surface area contributed by atoms with Gasteiger partial charge in [0.25, 0.3) is 0 Å². The van der Waals surface area contributed by atoms with Crippen LogP contribution in [0.5, 0.6) is 0 Å². The molecule has 0 spiro atoms. The van der Waals surface area contributed by atoms with Crippen molar-refractivity contribution in [3.8, 4) is 0 Å². The molecule has 0 aliphatic heterocycles. The standard InChI is InChI=1S/C14H21O3S/c1-14(2,13(15)18-10-9-16-3)11-17-12-7-5-4-6-8-12/h4-8,12H,9-11H2,1-3H3. The normalized spacial score (nSPS) is 19.2. The third-order valence-corrected chi connectivity index (χ3v) is 3.72. The maximum Gasteiger partial charge on any atom is 0.196 e. The van der Waals surface area contributed by atoms with E-state index in [-0.39, 0.29) is 11.2 Å². The van der Waals surface area contributed by atoms with Gasteiger partial charge in [0.2, 0.25) is 0 Å². The van der Waals surface area contributed by atoms with E-state index in [0.717, 1.165) is 0 Å². The van der Waals surface area contributed by atoms with E-state index >= 15 is 0 Å². The van der Waals surface area contributed by atoms with Crippen LogP contribution >= 0.6 is 11.8 Å². The highest BCUT2D eigenvalue weighted by atomic mass is 32.2. The van der Waals surface area contributed by atoms with Crippen LogP contribution in [-0.4, -0.2) is 37.3 Å². The number of hydrogen-bond donors (Lipinski definition) is 0. The first-order valence-electron chi connectivity index (χ1n) is 6.02. The third kappa shape index (κ3) is 5.38. The Bertz CT molecular complexity index is 321. The van der Waals surface area contributed by atoms with Crippen LogP contribution in [0.25, 0.3) is 0 Å². The number of hydrogen-bond acceptors (Lipinski definition) is 4. The molecule has 0 fully saturated rings. The molecule has 0 saturated carbocycles.